The summed E-state index contributed by atoms with van der Waals surface area (Å²) >= 11 is 0. The highest BCUT2D eigenvalue weighted by atomic mass is 19.1. The Hall–Kier alpha value is -1.33. The Kier molecular flexibility index (Phi) is 4.33. The first-order valence-corrected chi connectivity index (χ1v) is 4.58. The number of methoxy groups -OCH3 is 1. The lowest BCUT2D eigenvalue weighted by Crippen LogP contribution is -2.28. The summed E-state index contributed by atoms with van der Waals surface area (Å²) in [6.45, 7) is 0.266. The van der Waals surface area contributed by atoms with Crippen molar-refractivity contribution in [2.45, 2.75) is 6.04 Å². The topological polar surface area (TPSA) is 67.5 Å². The van der Waals surface area contributed by atoms with E-state index in [2.05, 4.69) is 5.32 Å². The number of halogens is 1. The number of nitrogen functional groups attached to an aromatic ring is 1. The molecular weight excluding hydrogens is 199 g/mol. The van der Waals surface area contributed by atoms with Gasteiger partial charge < -0.3 is 20.9 Å². The zero-order valence-electron chi connectivity index (χ0n) is 8.53. The highest BCUT2D eigenvalue weighted by Gasteiger charge is 2.07. The van der Waals surface area contributed by atoms with Gasteiger partial charge in [-0.25, -0.2) is 4.39 Å². The van der Waals surface area contributed by atoms with E-state index < -0.39 is 5.82 Å². The van der Waals surface area contributed by atoms with Crippen LogP contribution in [0.1, 0.15) is 0 Å². The number of hydrogen-bond donors (Lipinski definition) is 3. The first-order valence-electron chi connectivity index (χ1n) is 4.58. The molecule has 0 heterocycles. The Balaban J connectivity index is 2.66. The molecule has 0 amide bonds. The number of ether oxygens (including phenoxy) is 1. The third-order valence-corrected chi connectivity index (χ3v) is 1.96. The third-order valence-electron chi connectivity index (χ3n) is 1.96. The molecule has 0 aliphatic rings. The van der Waals surface area contributed by atoms with Crippen LogP contribution >= 0.6 is 0 Å². The van der Waals surface area contributed by atoms with Gasteiger partial charge in [0.1, 0.15) is 5.82 Å². The van der Waals surface area contributed by atoms with Gasteiger partial charge in [0.15, 0.2) is 0 Å². The van der Waals surface area contributed by atoms with Crippen molar-refractivity contribution in [1.29, 1.82) is 0 Å². The first-order chi connectivity index (χ1) is 7.17. The van der Waals surface area contributed by atoms with Crippen LogP contribution in [0.5, 0.6) is 0 Å². The van der Waals surface area contributed by atoms with Crippen molar-refractivity contribution >= 4 is 11.4 Å². The molecule has 1 aromatic carbocycles. The molecule has 0 fully saturated rings. The number of nitrogens with one attached hydrogen (secondary N) is 1. The molecule has 84 valence electrons. The van der Waals surface area contributed by atoms with Gasteiger partial charge in [-0.3, -0.25) is 0 Å². The Morgan fingerprint density at radius 1 is 1.60 bits per heavy atom. The van der Waals surface area contributed by atoms with E-state index in [1.54, 1.807) is 6.07 Å². The van der Waals surface area contributed by atoms with Gasteiger partial charge in [0.05, 0.1) is 24.9 Å². The van der Waals surface area contributed by atoms with Gasteiger partial charge in [0.25, 0.3) is 0 Å². The zero-order valence-corrected chi connectivity index (χ0v) is 8.53. The number of rotatable bonds is 5. The number of aliphatic hydroxyl groups excluding tert-OH is 1. The van der Waals surface area contributed by atoms with Crippen LogP contribution in [0.4, 0.5) is 15.8 Å². The second-order valence-corrected chi connectivity index (χ2v) is 3.22. The normalized spacial score (nSPS) is 12.5. The molecule has 0 radical (unpaired) electrons. The van der Waals surface area contributed by atoms with Crippen LogP contribution < -0.4 is 11.1 Å². The fourth-order valence-corrected chi connectivity index (χ4v) is 1.19. The van der Waals surface area contributed by atoms with Crippen molar-refractivity contribution in [2.75, 3.05) is 31.4 Å². The maximum Gasteiger partial charge on any atom is 0.148 e. The summed E-state index contributed by atoms with van der Waals surface area (Å²) in [4.78, 5) is 0. The quantitative estimate of drug-likeness (QED) is 0.635. The minimum Gasteiger partial charge on any atom is -0.396 e. The molecule has 0 aliphatic carbocycles. The van der Waals surface area contributed by atoms with E-state index in [9.17, 15) is 4.39 Å². The molecule has 0 saturated heterocycles. The molecule has 1 rings (SSSR count). The lowest BCUT2D eigenvalue weighted by molar-refractivity contribution is 0.153. The molecule has 1 unspecified atom stereocenters. The molecule has 0 bridgehead atoms. The van der Waals surface area contributed by atoms with Crippen LogP contribution in [0, 0.1) is 5.82 Å². The van der Waals surface area contributed by atoms with Crippen molar-refractivity contribution < 1.29 is 14.2 Å². The molecule has 15 heavy (non-hydrogen) atoms. The largest absolute Gasteiger partial charge is 0.396 e. The Morgan fingerprint density at radius 3 is 2.87 bits per heavy atom. The van der Waals surface area contributed by atoms with E-state index in [1.165, 1.54) is 19.2 Å². The summed E-state index contributed by atoms with van der Waals surface area (Å²) in [7, 11) is 1.54. The summed E-state index contributed by atoms with van der Waals surface area (Å²) in [6, 6.07) is 4.15. The van der Waals surface area contributed by atoms with Crippen LogP contribution in [-0.2, 0) is 4.74 Å². The van der Waals surface area contributed by atoms with Crippen molar-refractivity contribution in [3.05, 3.63) is 24.0 Å². The molecule has 0 spiro atoms. The third kappa shape index (κ3) is 3.38. The van der Waals surface area contributed by atoms with Crippen LogP contribution in [0.25, 0.3) is 0 Å². The second-order valence-electron chi connectivity index (χ2n) is 3.22. The summed E-state index contributed by atoms with van der Waals surface area (Å²) in [5, 5.41) is 11.9. The second kappa shape index (κ2) is 5.53. The average Bonchev–Trinajstić information content (AvgIpc) is 2.23. The lowest BCUT2D eigenvalue weighted by atomic mass is 10.2. The summed E-state index contributed by atoms with van der Waals surface area (Å²) in [6.07, 6.45) is 0. The first kappa shape index (κ1) is 11.7. The number of hydrogen-bond acceptors (Lipinski definition) is 4. The standard InChI is InChI=1S/C10H15FN2O2/c1-15-6-8(5-14)13-7-2-3-10(12)9(11)4-7/h2-4,8,13-14H,5-6,12H2,1H3. The van der Waals surface area contributed by atoms with E-state index in [1.807, 2.05) is 0 Å². The predicted octanol–water partition coefficient (Wildman–Crippen LogP) is 0.827. The Labute approximate surface area is 87.9 Å². The maximum atomic E-state index is 13.1. The van der Waals surface area contributed by atoms with Crippen LogP contribution in [-0.4, -0.2) is 31.5 Å². The van der Waals surface area contributed by atoms with Crippen LogP contribution in [0.15, 0.2) is 18.2 Å². The van der Waals surface area contributed by atoms with Crippen molar-refractivity contribution in [3.63, 3.8) is 0 Å². The zero-order chi connectivity index (χ0) is 11.3. The number of aliphatic hydroxyl groups is 1. The fraction of sp³-hybridized carbons (Fsp3) is 0.400. The van der Waals surface area contributed by atoms with E-state index in [-0.39, 0.29) is 18.3 Å². The number of nitrogens with two attached hydrogens (primary N) is 1. The monoisotopic (exact) mass is 214 g/mol. The van der Waals surface area contributed by atoms with Crippen molar-refractivity contribution in [1.82, 2.24) is 0 Å². The maximum absolute atomic E-state index is 13.1. The lowest BCUT2D eigenvalue weighted by Gasteiger charge is -2.16. The van der Waals surface area contributed by atoms with Gasteiger partial charge in [-0.2, -0.15) is 0 Å². The van der Waals surface area contributed by atoms with Gasteiger partial charge in [-0.15, -0.1) is 0 Å². The summed E-state index contributed by atoms with van der Waals surface area (Å²) in [5.41, 5.74) is 6.01. The van der Waals surface area contributed by atoms with Crippen molar-refractivity contribution in [3.8, 4) is 0 Å². The Bertz CT molecular complexity index is 320. The van der Waals surface area contributed by atoms with E-state index in [0.717, 1.165) is 0 Å². The van der Waals surface area contributed by atoms with E-state index in [0.29, 0.717) is 12.3 Å². The predicted molar refractivity (Wildman–Crippen MR) is 57.2 cm³/mol. The van der Waals surface area contributed by atoms with Gasteiger partial charge in [0, 0.05) is 12.8 Å². The van der Waals surface area contributed by atoms with Gasteiger partial charge in [-0.05, 0) is 18.2 Å². The fourth-order valence-electron chi connectivity index (χ4n) is 1.19. The highest BCUT2D eigenvalue weighted by molar-refractivity contribution is 5.52. The number of anilines is 2. The van der Waals surface area contributed by atoms with Gasteiger partial charge >= 0.3 is 0 Å². The molecule has 0 aromatic heterocycles. The van der Waals surface area contributed by atoms with Crippen LogP contribution in [0.2, 0.25) is 0 Å². The minimum atomic E-state index is -0.478. The molecule has 4 N–H and O–H groups in total. The Morgan fingerprint density at radius 2 is 2.33 bits per heavy atom. The van der Waals surface area contributed by atoms with Gasteiger partial charge in [0.2, 0.25) is 0 Å². The van der Waals surface area contributed by atoms with Crippen LogP contribution in [0.3, 0.4) is 0 Å². The molecule has 0 aliphatic heterocycles. The molecule has 0 saturated carbocycles. The molecular formula is C10H15FN2O2. The van der Waals surface area contributed by atoms with Crippen molar-refractivity contribution in [2.24, 2.45) is 0 Å². The molecule has 5 heteroatoms. The minimum absolute atomic E-state index is 0.0835. The highest BCUT2D eigenvalue weighted by Crippen LogP contribution is 2.16. The average molecular weight is 214 g/mol. The SMILES string of the molecule is COCC(CO)Nc1ccc(N)c(F)c1. The van der Waals surface area contributed by atoms with E-state index >= 15 is 0 Å². The molecule has 1 aromatic rings. The molecule has 1 atom stereocenters. The smallest absolute Gasteiger partial charge is 0.148 e. The van der Waals surface area contributed by atoms with E-state index in [4.69, 9.17) is 15.6 Å². The molecule has 4 nitrogen and oxygen atoms in total. The number of benzene rings is 1. The summed E-state index contributed by atoms with van der Waals surface area (Å²) in [5.74, 6) is -0.478. The summed E-state index contributed by atoms with van der Waals surface area (Å²) < 4.78 is 17.9. The van der Waals surface area contributed by atoms with Gasteiger partial charge in [-0.1, -0.05) is 0 Å².